The summed E-state index contributed by atoms with van der Waals surface area (Å²) in [6.45, 7) is 0. The number of nitrogens with zero attached hydrogens (tertiary/aromatic N) is 3. The minimum atomic E-state index is -0.779. The van der Waals surface area contributed by atoms with Gasteiger partial charge in [-0.05, 0) is 24.3 Å². The van der Waals surface area contributed by atoms with Gasteiger partial charge in [0.15, 0.2) is 5.82 Å². The van der Waals surface area contributed by atoms with Crippen LogP contribution in [0.15, 0.2) is 47.6 Å². The van der Waals surface area contributed by atoms with Gasteiger partial charge in [-0.15, -0.1) is 10.2 Å². The van der Waals surface area contributed by atoms with Crippen molar-refractivity contribution in [3.05, 3.63) is 59.1 Å². The van der Waals surface area contributed by atoms with E-state index in [0.717, 1.165) is 30.0 Å². The van der Waals surface area contributed by atoms with Crippen LogP contribution in [0.5, 0.6) is 0 Å². The third kappa shape index (κ3) is 4.12. The van der Waals surface area contributed by atoms with Gasteiger partial charge < -0.3 is 11.2 Å². The highest BCUT2D eigenvalue weighted by atomic mass is 35.5. The predicted molar refractivity (Wildman–Crippen MR) is 96.3 cm³/mol. The van der Waals surface area contributed by atoms with E-state index >= 15 is 0 Å². The third-order valence-electron chi connectivity index (χ3n) is 3.26. The van der Waals surface area contributed by atoms with Crippen LogP contribution in [0.4, 0.5) is 14.5 Å². The molecule has 0 radical (unpaired) electrons. The summed E-state index contributed by atoms with van der Waals surface area (Å²) >= 11 is 7.14. The Kier molecular flexibility index (Phi) is 5.38. The SMILES string of the molecule is Nn1c(SCC(=O)Nc2cc(F)cc(F)c2)nnc1-c1ccccc1Cl. The number of anilines is 1. The van der Waals surface area contributed by atoms with Crippen LogP contribution in [0.2, 0.25) is 5.02 Å². The molecule has 3 rings (SSSR count). The maximum Gasteiger partial charge on any atom is 0.234 e. The van der Waals surface area contributed by atoms with Gasteiger partial charge in [-0.25, -0.2) is 13.5 Å². The number of amides is 1. The number of halogens is 3. The zero-order valence-electron chi connectivity index (χ0n) is 13.1. The molecule has 0 saturated carbocycles. The molecule has 0 spiro atoms. The van der Waals surface area contributed by atoms with E-state index in [1.54, 1.807) is 24.3 Å². The fraction of sp³-hybridized carbons (Fsp3) is 0.0625. The van der Waals surface area contributed by atoms with Gasteiger partial charge in [0.25, 0.3) is 0 Å². The van der Waals surface area contributed by atoms with E-state index in [4.69, 9.17) is 17.4 Å². The zero-order valence-corrected chi connectivity index (χ0v) is 14.7. The Hall–Kier alpha value is -2.65. The molecule has 0 unspecified atom stereocenters. The number of aromatic nitrogens is 3. The second-order valence-electron chi connectivity index (χ2n) is 5.15. The molecular weight excluding hydrogens is 384 g/mol. The molecule has 1 aromatic heterocycles. The van der Waals surface area contributed by atoms with E-state index in [-0.39, 0.29) is 11.4 Å². The average Bonchev–Trinajstić information content (AvgIpc) is 2.93. The Bertz CT molecular complexity index is 945. The molecule has 134 valence electrons. The van der Waals surface area contributed by atoms with Crippen LogP contribution in [0.3, 0.4) is 0 Å². The van der Waals surface area contributed by atoms with Crippen LogP contribution in [0, 0.1) is 11.6 Å². The molecule has 0 saturated heterocycles. The summed E-state index contributed by atoms with van der Waals surface area (Å²) in [7, 11) is 0. The van der Waals surface area contributed by atoms with Crippen molar-refractivity contribution < 1.29 is 13.6 Å². The second kappa shape index (κ2) is 7.71. The van der Waals surface area contributed by atoms with Crippen molar-refractivity contribution in [3.63, 3.8) is 0 Å². The van der Waals surface area contributed by atoms with Gasteiger partial charge >= 0.3 is 0 Å². The average molecular weight is 396 g/mol. The number of hydrogen-bond donors (Lipinski definition) is 2. The summed E-state index contributed by atoms with van der Waals surface area (Å²) < 4.78 is 27.5. The van der Waals surface area contributed by atoms with E-state index in [1.165, 1.54) is 4.68 Å². The van der Waals surface area contributed by atoms with E-state index < -0.39 is 17.5 Å². The molecule has 1 heterocycles. The first-order valence-corrected chi connectivity index (χ1v) is 8.64. The minimum Gasteiger partial charge on any atom is -0.335 e. The molecule has 0 bridgehead atoms. The fourth-order valence-electron chi connectivity index (χ4n) is 2.15. The Morgan fingerprint density at radius 1 is 1.19 bits per heavy atom. The maximum absolute atomic E-state index is 13.1. The van der Waals surface area contributed by atoms with Gasteiger partial charge in [-0.2, -0.15) is 0 Å². The van der Waals surface area contributed by atoms with Gasteiger partial charge in [0.2, 0.25) is 11.1 Å². The van der Waals surface area contributed by atoms with Gasteiger partial charge in [0.1, 0.15) is 11.6 Å². The molecule has 0 aliphatic rings. The molecule has 3 aromatic rings. The van der Waals surface area contributed by atoms with Gasteiger partial charge in [0.05, 0.1) is 10.8 Å². The lowest BCUT2D eigenvalue weighted by atomic mass is 10.2. The molecule has 0 fully saturated rings. The number of nitrogens with two attached hydrogens (primary N) is 1. The Morgan fingerprint density at radius 2 is 1.88 bits per heavy atom. The van der Waals surface area contributed by atoms with Crippen LogP contribution in [0.1, 0.15) is 0 Å². The number of rotatable bonds is 5. The van der Waals surface area contributed by atoms with Crippen molar-refractivity contribution in [3.8, 4) is 11.4 Å². The van der Waals surface area contributed by atoms with Gasteiger partial charge in [-0.1, -0.05) is 35.5 Å². The fourth-order valence-corrected chi connectivity index (χ4v) is 3.03. The van der Waals surface area contributed by atoms with E-state index in [2.05, 4.69) is 15.5 Å². The smallest absolute Gasteiger partial charge is 0.234 e. The lowest BCUT2D eigenvalue weighted by Gasteiger charge is -2.06. The zero-order chi connectivity index (χ0) is 18.7. The third-order valence-corrected chi connectivity index (χ3v) is 4.53. The first kappa shape index (κ1) is 18.2. The standard InChI is InChI=1S/C16H12ClF2N5OS/c17-13-4-2-1-3-12(13)15-22-23-16(24(15)20)26-8-14(25)21-11-6-9(18)5-10(19)7-11/h1-7H,8,20H2,(H,21,25). The highest BCUT2D eigenvalue weighted by molar-refractivity contribution is 7.99. The molecule has 0 atom stereocenters. The minimum absolute atomic E-state index is 0.0269. The summed E-state index contributed by atoms with van der Waals surface area (Å²) in [6.07, 6.45) is 0. The number of carbonyl (C=O) groups excluding carboxylic acids is 1. The Balaban J connectivity index is 1.67. The van der Waals surface area contributed by atoms with Crippen LogP contribution >= 0.6 is 23.4 Å². The molecule has 1 amide bonds. The monoisotopic (exact) mass is 395 g/mol. The van der Waals surface area contributed by atoms with Crippen LogP contribution < -0.4 is 11.2 Å². The Labute approximate surface area is 156 Å². The first-order chi connectivity index (χ1) is 12.4. The summed E-state index contributed by atoms with van der Waals surface area (Å²) in [6, 6.07) is 9.77. The number of nitrogen functional groups attached to an aromatic ring is 1. The van der Waals surface area contributed by atoms with Crippen molar-refractivity contribution in [2.45, 2.75) is 5.16 Å². The topological polar surface area (TPSA) is 85.8 Å². The van der Waals surface area contributed by atoms with Crippen molar-refractivity contribution in [1.29, 1.82) is 0 Å². The molecule has 0 aliphatic heterocycles. The summed E-state index contributed by atoms with van der Waals surface area (Å²) in [5.41, 5.74) is 0.634. The molecule has 10 heteroatoms. The Morgan fingerprint density at radius 3 is 2.58 bits per heavy atom. The van der Waals surface area contributed by atoms with Crippen molar-refractivity contribution in [2.75, 3.05) is 16.9 Å². The lowest BCUT2D eigenvalue weighted by Crippen LogP contribution is -2.16. The molecular formula is C16H12ClF2N5OS. The first-order valence-electron chi connectivity index (χ1n) is 7.28. The largest absolute Gasteiger partial charge is 0.335 e. The summed E-state index contributed by atoms with van der Waals surface area (Å²) in [5.74, 6) is 4.22. The maximum atomic E-state index is 13.1. The quantitative estimate of drug-likeness (QED) is 0.511. The number of benzene rings is 2. The van der Waals surface area contributed by atoms with Crippen molar-refractivity contribution in [1.82, 2.24) is 14.9 Å². The number of carbonyl (C=O) groups is 1. The van der Waals surface area contributed by atoms with Crippen molar-refractivity contribution in [2.24, 2.45) is 0 Å². The second-order valence-corrected chi connectivity index (χ2v) is 6.50. The van der Waals surface area contributed by atoms with E-state index in [9.17, 15) is 13.6 Å². The number of nitrogens with one attached hydrogen (secondary N) is 1. The van der Waals surface area contributed by atoms with E-state index in [1.807, 2.05) is 0 Å². The van der Waals surface area contributed by atoms with Gasteiger partial charge in [0, 0.05) is 17.3 Å². The summed E-state index contributed by atoms with van der Waals surface area (Å²) in [4.78, 5) is 12.0. The number of hydrogen-bond acceptors (Lipinski definition) is 5. The van der Waals surface area contributed by atoms with Crippen LogP contribution in [-0.2, 0) is 4.79 Å². The molecule has 0 aliphatic carbocycles. The van der Waals surface area contributed by atoms with Crippen LogP contribution in [-0.4, -0.2) is 26.5 Å². The predicted octanol–water partition coefficient (Wildman–Crippen LogP) is 3.32. The summed E-state index contributed by atoms with van der Waals surface area (Å²) in [5, 5.41) is 11.1. The number of thioether (sulfide) groups is 1. The van der Waals surface area contributed by atoms with Gasteiger partial charge in [-0.3, -0.25) is 4.79 Å². The van der Waals surface area contributed by atoms with Crippen molar-refractivity contribution >= 4 is 35.0 Å². The van der Waals surface area contributed by atoms with E-state index in [0.29, 0.717) is 21.6 Å². The molecule has 3 N–H and O–H groups in total. The molecule has 2 aromatic carbocycles. The highest BCUT2D eigenvalue weighted by Gasteiger charge is 2.16. The van der Waals surface area contributed by atoms with Crippen LogP contribution in [0.25, 0.3) is 11.4 Å². The molecule has 6 nitrogen and oxygen atoms in total. The normalized spacial score (nSPS) is 10.7. The lowest BCUT2D eigenvalue weighted by molar-refractivity contribution is -0.113. The molecule has 26 heavy (non-hydrogen) atoms. The highest BCUT2D eigenvalue weighted by Crippen LogP contribution is 2.27.